The standard InChI is InChI=1S/C11H4Cl3F3O3/c1-4(11(15,16)17)9(18)20-10(19)8-6(13)2-5(12)3-7(8)14/h2-3H,1H2. The molecule has 1 aromatic carbocycles. The Bertz CT molecular complexity index is 573. The molecule has 0 unspecified atom stereocenters. The van der Waals surface area contributed by atoms with Gasteiger partial charge in [0.15, 0.2) is 0 Å². The summed E-state index contributed by atoms with van der Waals surface area (Å²) in [6.45, 7) is 2.49. The van der Waals surface area contributed by atoms with Crippen molar-refractivity contribution in [1.82, 2.24) is 0 Å². The number of hydrogen-bond donors (Lipinski definition) is 0. The van der Waals surface area contributed by atoms with Crippen LogP contribution in [0.2, 0.25) is 15.1 Å². The largest absolute Gasteiger partial charge is 0.422 e. The summed E-state index contributed by atoms with van der Waals surface area (Å²) in [6.07, 6.45) is -5.01. The summed E-state index contributed by atoms with van der Waals surface area (Å²) in [7, 11) is 0. The van der Waals surface area contributed by atoms with E-state index in [0.29, 0.717) is 0 Å². The van der Waals surface area contributed by atoms with Crippen LogP contribution in [0.1, 0.15) is 10.4 Å². The number of esters is 2. The van der Waals surface area contributed by atoms with E-state index in [9.17, 15) is 22.8 Å². The van der Waals surface area contributed by atoms with E-state index in [1.54, 1.807) is 0 Å². The second-order valence-corrected chi connectivity index (χ2v) is 4.65. The molecule has 0 fully saturated rings. The summed E-state index contributed by atoms with van der Waals surface area (Å²) in [4.78, 5) is 22.7. The third-order valence-corrected chi connectivity index (χ3v) is 2.80. The first kappa shape index (κ1) is 16.8. The van der Waals surface area contributed by atoms with Crippen LogP contribution in [0.3, 0.4) is 0 Å². The highest BCUT2D eigenvalue weighted by atomic mass is 35.5. The molecule has 0 amide bonds. The van der Waals surface area contributed by atoms with Gasteiger partial charge in [0.25, 0.3) is 0 Å². The molecule has 0 aliphatic rings. The Morgan fingerprint density at radius 2 is 1.55 bits per heavy atom. The summed E-state index contributed by atoms with van der Waals surface area (Å²) in [5.41, 5.74) is -2.30. The fraction of sp³-hybridized carbons (Fsp3) is 0.0909. The van der Waals surface area contributed by atoms with Gasteiger partial charge in [0, 0.05) is 5.02 Å². The SMILES string of the molecule is C=C(C(=O)OC(=O)c1c(Cl)cc(Cl)cc1Cl)C(F)(F)F. The van der Waals surface area contributed by atoms with Crippen molar-refractivity contribution in [3.05, 3.63) is 44.9 Å². The molecule has 0 radical (unpaired) electrons. The van der Waals surface area contributed by atoms with Gasteiger partial charge in [-0.25, -0.2) is 9.59 Å². The third kappa shape index (κ3) is 3.88. The van der Waals surface area contributed by atoms with E-state index in [0.717, 1.165) is 12.1 Å². The summed E-state index contributed by atoms with van der Waals surface area (Å²) in [5.74, 6) is -3.38. The van der Waals surface area contributed by atoms with Gasteiger partial charge in [-0.05, 0) is 12.1 Å². The molecule has 1 rings (SSSR count). The average molecular weight is 348 g/mol. The maximum Gasteiger partial charge on any atom is 0.422 e. The minimum absolute atomic E-state index is 0.0996. The van der Waals surface area contributed by atoms with E-state index in [4.69, 9.17) is 34.8 Å². The molecule has 0 saturated carbocycles. The topological polar surface area (TPSA) is 43.4 Å². The van der Waals surface area contributed by atoms with Crippen molar-refractivity contribution in [2.45, 2.75) is 6.18 Å². The van der Waals surface area contributed by atoms with Gasteiger partial charge in [-0.3, -0.25) is 0 Å². The molecule has 0 N–H and O–H groups in total. The molecule has 0 saturated heterocycles. The van der Waals surface area contributed by atoms with Gasteiger partial charge in [0.2, 0.25) is 0 Å². The summed E-state index contributed by atoms with van der Waals surface area (Å²) in [6, 6.07) is 2.24. The highest BCUT2D eigenvalue weighted by Gasteiger charge is 2.39. The highest BCUT2D eigenvalue weighted by molar-refractivity contribution is 6.42. The van der Waals surface area contributed by atoms with Crippen LogP contribution >= 0.6 is 34.8 Å². The Kier molecular flexibility index (Phi) is 5.07. The van der Waals surface area contributed by atoms with E-state index >= 15 is 0 Å². The first-order chi connectivity index (χ1) is 9.04. The lowest BCUT2D eigenvalue weighted by atomic mass is 10.2. The molecule has 1 aromatic rings. The van der Waals surface area contributed by atoms with Crippen LogP contribution in [0.15, 0.2) is 24.3 Å². The van der Waals surface area contributed by atoms with Crippen LogP contribution in [0.4, 0.5) is 13.2 Å². The zero-order valence-corrected chi connectivity index (χ0v) is 11.6. The van der Waals surface area contributed by atoms with Gasteiger partial charge < -0.3 is 4.74 Å². The molecule has 20 heavy (non-hydrogen) atoms. The summed E-state index contributed by atoms with van der Waals surface area (Å²) >= 11 is 16.9. The number of carbonyl (C=O) groups excluding carboxylic acids is 2. The van der Waals surface area contributed by atoms with Gasteiger partial charge >= 0.3 is 18.1 Å². The van der Waals surface area contributed by atoms with Crippen LogP contribution in [0.25, 0.3) is 0 Å². The number of hydrogen-bond acceptors (Lipinski definition) is 3. The maximum absolute atomic E-state index is 12.2. The minimum atomic E-state index is -5.01. The van der Waals surface area contributed by atoms with Crippen LogP contribution in [0, 0.1) is 0 Å². The minimum Gasteiger partial charge on any atom is -0.386 e. The Morgan fingerprint density at radius 3 is 1.95 bits per heavy atom. The molecule has 0 spiro atoms. The van der Waals surface area contributed by atoms with E-state index in [1.807, 2.05) is 0 Å². The fourth-order valence-electron chi connectivity index (χ4n) is 1.05. The van der Waals surface area contributed by atoms with Crippen molar-refractivity contribution in [2.24, 2.45) is 0 Å². The van der Waals surface area contributed by atoms with Crippen molar-refractivity contribution in [2.75, 3.05) is 0 Å². The molecule has 0 atom stereocenters. The normalized spacial score (nSPS) is 11.1. The van der Waals surface area contributed by atoms with Gasteiger partial charge in [0.05, 0.1) is 15.6 Å². The zero-order valence-electron chi connectivity index (χ0n) is 9.35. The highest BCUT2D eigenvalue weighted by Crippen LogP contribution is 2.30. The van der Waals surface area contributed by atoms with E-state index in [-0.39, 0.29) is 15.1 Å². The number of benzene rings is 1. The zero-order chi connectivity index (χ0) is 15.7. The Morgan fingerprint density at radius 1 is 1.10 bits per heavy atom. The fourth-order valence-corrected chi connectivity index (χ4v) is 2.02. The van der Waals surface area contributed by atoms with Gasteiger partial charge in [-0.2, -0.15) is 13.2 Å². The Balaban J connectivity index is 2.99. The number of alkyl halides is 3. The first-order valence-electron chi connectivity index (χ1n) is 4.71. The second kappa shape index (κ2) is 6.03. The molecule has 0 aliphatic heterocycles. The van der Waals surface area contributed by atoms with Crippen LogP contribution < -0.4 is 0 Å². The van der Waals surface area contributed by atoms with Crippen LogP contribution in [-0.2, 0) is 9.53 Å². The van der Waals surface area contributed by atoms with Crippen molar-refractivity contribution in [3.63, 3.8) is 0 Å². The van der Waals surface area contributed by atoms with Gasteiger partial charge in [-0.1, -0.05) is 41.4 Å². The second-order valence-electron chi connectivity index (χ2n) is 3.40. The quantitative estimate of drug-likeness (QED) is 0.451. The van der Waals surface area contributed by atoms with Crippen molar-refractivity contribution in [1.29, 1.82) is 0 Å². The molecular formula is C11H4Cl3F3O3. The molecule has 9 heteroatoms. The predicted octanol–water partition coefficient (Wildman–Crippen LogP) is 4.45. The lowest BCUT2D eigenvalue weighted by Gasteiger charge is -2.10. The molecule has 0 aromatic heterocycles. The molecule has 0 aliphatic carbocycles. The molecule has 0 bridgehead atoms. The smallest absolute Gasteiger partial charge is 0.386 e. The predicted molar refractivity (Wildman–Crippen MR) is 67.1 cm³/mol. The summed E-state index contributed by atoms with van der Waals surface area (Å²) in [5, 5.41) is -0.432. The van der Waals surface area contributed by atoms with Crippen molar-refractivity contribution < 1.29 is 27.5 Å². The third-order valence-electron chi connectivity index (χ3n) is 1.98. The van der Waals surface area contributed by atoms with E-state index in [2.05, 4.69) is 11.3 Å². The number of rotatable bonds is 2. The van der Waals surface area contributed by atoms with Crippen LogP contribution in [-0.4, -0.2) is 18.1 Å². The molecule has 108 valence electrons. The summed E-state index contributed by atoms with van der Waals surface area (Å²) < 4.78 is 40.6. The lowest BCUT2D eigenvalue weighted by Crippen LogP contribution is -2.23. The molecular weight excluding hydrogens is 343 g/mol. The van der Waals surface area contributed by atoms with E-state index < -0.39 is 29.3 Å². The first-order valence-corrected chi connectivity index (χ1v) is 5.84. The van der Waals surface area contributed by atoms with Crippen molar-refractivity contribution in [3.8, 4) is 0 Å². The average Bonchev–Trinajstić information content (AvgIpc) is 2.24. The Hall–Kier alpha value is -1.24. The molecule has 3 nitrogen and oxygen atoms in total. The van der Waals surface area contributed by atoms with Crippen LogP contribution in [0.5, 0.6) is 0 Å². The number of ether oxygens (including phenoxy) is 1. The number of carbonyl (C=O) groups is 2. The van der Waals surface area contributed by atoms with Crippen molar-refractivity contribution >= 4 is 46.7 Å². The maximum atomic E-state index is 12.2. The monoisotopic (exact) mass is 346 g/mol. The lowest BCUT2D eigenvalue weighted by molar-refractivity contribution is -0.145. The van der Waals surface area contributed by atoms with Gasteiger partial charge in [-0.15, -0.1) is 0 Å². The van der Waals surface area contributed by atoms with Gasteiger partial charge in [0.1, 0.15) is 5.57 Å². The van der Waals surface area contributed by atoms with E-state index in [1.165, 1.54) is 0 Å². The Labute approximate surface area is 125 Å². The number of halogens is 6. The molecule has 0 heterocycles.